The van der Waals surface area contributed by atoms with E-state index in [2.05, 4.69) is 15.8 Å². The average molecular weight is 367 g/mol. The van der Waals surface area contributed by atoms with Crippen LogP contribution >= 0.6 is 0 Å². The van der Waals surface area contributed by atoms with Gasteiger partial charge in [-0.1, -0.05) is 17.3 Å². The van der Waals surface area contributed by atoms with Crippen LogP contribution in [0.1, 0.15) is 17.5 Å². The van der Waals surface area contributed by atoms with Crippen LogP contribution in [0.2, 0.25) is 0 Å². The highest BCUT2D eigenvalue weighted by atomic mass is 19.1. The van der Waals surface area contributed by atoms with Gasteiger partial charge in [0.1, 0.15) is 17.3 Å². The van der Waals surface area contributed by atoms with Crippen LogP contribution in [0, 0.1) is 5.82 Å². The van der Waals surface area contributed by atoms with E-state index in [0.29, 0.717) is 28.4 Å². The molecule has 0 unspecified atom stereocenters. The van der Waals surface area contributed by atoms with Crippen molar-refractivity contribution in [2.45, 2.75) is 13.0 Å². The van der Waals surface area contributed by atoms with Gasteiger partial charge in [-0.2, -0.15) is 0 Å². The van der Waals surface area contributed by atoms with Gasteiger partial charge in [-0.05, 0) is 37.3 Å². The maximum absolute atomic E-state index is 13.3. The number of hydrogen-bond acceptors (Lipinski definition) is 5. The predicted octanol–water partition coefficient (Wildman–Crippen LogP) is 3.45. The highest BCUT2D eigenvalue weighted by Gasteiger charge is 2.24. The van der Waals surface area contributed by atoms with Crippen molar-refractivity contribution in [1.82, 2.24) is 5.16 Å². The minimum atomic E-state index is -0.576. The third-order valence-electron chi connectivity index (χ3n) is 4.02. The van der Waals surface area contributed by atoms with Crippen LogP contribution in [-0.4, -0.2) is 23.1 Å². The summed E-state index contributed by atoms with van der Waals surface area (Å²) in [6.07, 6.45) is -0.576. The lowest BCUT2D eigenvalue weighted by molar-refractivity contribution is -0.122. The Balaban J connectivity index is 1.52. The standard InChI is InChI=1S/C19H14FN3O4/c1-10-18(24)22-15-8-13(5-6-16(15)26-10)21-19(25)17-9-14(23-27-17)11-3-2-4-12(20)7-11/h2-10H,1H3,(H,21,25)(H,22,24)/t10-/m1/s1. The molecular weight excluding hydrogens is 353 g/mol. The largest absolute Gasteiger partial charge is 0.479 e. The number of amides is 2. The van der Waals surface area contributed by atoms with Gasteiger partial charge < -0.3 is 19.9 Å². The number of carbonyl (C=O) groups excluding carboxylic acids is 2. The van der Waals surface area contributed by atoms with E-state index in [4.69, 9.17) is 9.26 Å². The first kappa shape index (κ1) is 16.8. The Morgan fingerprint density at radius 3 is 2.89 bits per heavy atom. The molecule has 7 nitrogen and oxygen atoms in total. The molecule has 1 aromatic heterocycles. The van der Waals surface area contributed by atoms with Crippen molar-refractivity contribution in [1.29, 1.82) is 0 Å². The average Bonchev–Trinajstić information content (AvgIpc) is 3.13. The number of nitrogens with zero attached hydrogens (tertiary/aromatic N) is 1. The first-order valence-corrected chi connectivity index (χ1v) is 8.15. The summed E-state index contributed by atoms with van der Waals surface area (Å²) in [7, 11) is 0. The van der Waals surface area contributed by atoms with Gasteiger partial charge in [0, 0.05) is 17.3 Å². The van der Waals surface area contributed by atoms with Gasteiger partial charge in [-0.15, -0.1) is 0 Å². The first-order valence-electron chi connectivity index (χ1n) is 8.15. The minimum Gasteiger partial charge on any atom is -0.479 e. The Hall–Kier alpha value is -3.68. The molecule has 1 atom stereocenters. The lowest BCUT2D eigenvalue weighted by atomic mass is 10.1. The van der Waals surface area contributed by atoms with Crippen molar-refractivity contribution in [2.24, 2.45) is 0 Å². The van der Waals surface area contributed by atoms with E-state index < -0.39 is 17.8 Å². The molecule has 0 fully saturated rings. The summed E-state index contributed by atoms with van der Waals surface area (Å²) in [5.41, 5.74) is 1.76. The molecule has 1 aliphatic heterocycles. The number of rotatable bonds is 3. The Morgan fingerprint density at radius 2 is 2.07 bits per heavy atom. The summed E-state index contributed by atoms with van der Waals surface area (Å²) < 4.78 is 23.8. The van der Waals surface area contributed by atoms with Crippen molar-refractivity contribution < 1.29 is 23.2 Å². The normalized spacial score (nSPS) is 15.5. The van der Waals surface area contributed by atoms with E-state index in [0.717, 1.165) is 0 Å². The Morgan fingerprint density at radius 1 is 1.22 bits per heavy atom. The van der Waals surface area contributed by atoms with Crippen LogP contribution in [-0.2, 0) is 4.79 Å². The first-order chi connectivity index (χ1) is 13.0. The van der Waals surface area contributed by atoms with Crippen LogP contribution in [0.5, 0.6) is 5.75 Å². The zero-order chi connectivity index (χ0) is 19.0. The smallest absolute Gasteiger partial charge is 0.294 e. The number of anilines is 2. The highest BCUT2D eigenvalue weighted by molar-refractivity contribution is 6.04. The molecule has 1 aliphatic rings. The second kappa shape index (κ2) is 6.56. The van der Waals surface area contributed by atoms with Gasteiger partial charge in [0.15, 0.2) is 6.10 Å². The van der Waals surface area contributed by atoms with E-state index in [1.165, 1.54) is 18.2 Å². The number of ether oxygens (including phenoxy) is 1. The molecule has 0 radical (unpaired) electrons. The number of benzene rings is 2. The molecule has 2 aromatic carbocycles. The van der Waals surface area contributed by atoms with Crippen LogP contribution in [0.15, 0.2) is 53.1 Å². The third kappa shape index (κ3) is 3.37. The van der Waals surface area contributed by atoms with E-state index in [9.17, 15) is 14.0 Å². The van der Waals surface area contributed by atoms with Crippen LogP contribution in [0.25, 0.3) is 11.3 Å². The number of halogens is 1. The van der Waals surface area contributed by atoms with E-state index >= 15 is 0 Å². The molecule has 0 saturated heterocycles. The monoisotopic (exact) mass is 367 g/mol. The molecule has 8 heteroatoms. The number of hydrogen-bond donors (Lipinski definition) is 2. The zero-order valence-electron chi connectivity index (χ0n) is 14.2. The number of aromatic nitrogens is 1. The number of carbonyl (C=O) groups is 2. The summed E-state index contributed by atoms with van der Waals surface area (Å²) in [5, 5.41) is 9.16. The van der Waals surface area contributed by atoms with Gasteiger partial charge in [0.05, 0.1) is 5.69 Å². The molecule has 0 bridgehead atoms. The molecule has 136 valence electrons. The second-order valence-electron chi connectivity index (χ2n) is 6.00. The van der Waals surface area contributed by atoms with Crippen LogP contribution < -0.4 is 15.4 Å². The fourth-order valence-electron chi connectivity index (χ4n) is 2.65. The molecule has 0 spiro atoms. The quantitative estimate of drug-likeness (QED) is 0.740. The van der Waals surface area contributed by atoms with Gasteiger partial charge >= 0.3 is 0 Å². The van der Waals surface area contributed by atoms with Crippen molar-refractivity contribution in [2.75, 3.05) is 10.6 Å². The summed E-state index contributed by atoms with van der Waals surface area (Å²) in [6.45, 7) is 1.65. The summed E-state index contributed by atoms with van der Waals surface area (Å²) in [4.78, 5) is 24.1. The topological polar surface area (TPSA) is 93.5 Å². The number of fused-ring (bicyclic) bond motifs is 1. The van der Waals surface area contributed by atoms with Gasteiger partial charge in [-0.25, -0.2) is 4.39 Å². The minimum absolute atomic E-state index is 0.0270. The molecular formula is C19H14FN3O4. The molecule has 4 rings (SSSR count). The summed E-state index contributed by atoms with van der Waals surface area (Å²) in [6, 6.07) is 12.1. The van der Waals surface area contributed by atoms with Gasteiger partial charge in [0.25, 0.3) is 11.8 Å². The Labute approximate surface area is 153 Å². The maximum Gasteiger partial charge on any atom is 0.294 e. The maximum atomic E-state index is 13.3. The fourth-order valence-corrected chi connectivity index (χ4v) is 2.65. The van der Waals surface area contributed by atoms with E-state index in [-0.39, 0.29) is 11.7 Å². The highest BCUT2D eigenvalue weighted by Crippen LogP contribution is 2.32. The van der Waals surface area contributed by atoms with Crippen molar-refractivity contribution in [3.63, 3.8) is 0 Å². The molecule has 3 aromatic rings. The Bertz CT molecular complexity index is 1050. The van der Waals surface area contributed by atoms with Crippen LogP contribution in [0.3, 0.4) is 0 Å². The van der Waals surface area contributed by atoms with Gasteiger partial charge in [0.2, 0.25) is 5.76 Å². The van der Waals surface area contributed by atoms with Crippen molar-refractivity contribution >= 4 is 23.2 Å². The Kier molecular flexibility index (Phi) is 4.08. The molecule has 27 heavy (non-hydrogen) atoms. The molecule has 0 aliphatic carbocycles. The molecule has 2 amide bonds. The lowest BCUT2D eigenvalue weighted by Gasteiger charge is -2.23. The number of nitrogens with one attached hydrogen (secondary N) is 2. The summed E-state index contributed by atoms with van der Waals surface area (Å²) in [5.74, 6) is -0.703. The van der Waals surface area contributed by atoms with E-state index in [1.807, 2.05) is 0 Å². The summed E-state index contributed by atoms with van der Waals surface area (Å²) >= 11 is 0. The molecule has 0 saturated carbocycles. The third-order valence-corrected chi connectivity index (χ3v) is 4.02. The van der Waals surface area contributed by atoms with Crippen LogP contribution in [0.4, 0.5) is 15.8 Å². The van der Waals surface area contributed by atoms with Crippen molar-refractivity contribution in [3.8, 4) is 17.0 Å². The van der Waals surface area contributed by atoms with Gasteiger partial charge in [-0.3, -0.25) is 9.59 Å². The van der Waals surface area contributed by atoms with E-state index in [1.54, 1.807) is 37.3 Å². The molecule has 2 N–H and O–H groups in total. The second-order valence-corrected chi connectivity index (χ2v) is 6.00. The zero-order valence-corrected chi connectivity index (χ0v) is 14.2. The lowest BCUT2D eigenvalue weighted by Crippen LogP contribution is -2.34. The molecule has 2 heterocycles. The van der Waals surface area contributed by atoms with Crippen molar-refractivity contribution in [3.05, 3.63) is 60.1 Å². The SMILES string of the molecule is C[C@H]1Oc2ccc(NC(=O)c3cc(-c4cccc(F)c4)no3)cc2NC1=O. The fraction of sp³-hybridized carbons (Fsp3) is 0.105. The predicted molar refractivity (Wildman–Crippen MR) is 95.0 cm³/mol.